The summed E-state index contributed by atoms with van der Waals surface area (Å²) in [5.41, 5.74) is 2.95. The summed E-state index contributed by atoms with van der Waals surface area (Å²) in [6.45, 7) is 5.11. The highest BCUT2D eigenvalue weighted by Crippen LogP contribution is 2.48. The maximum Gasteiger partial charge on any atom is 0.329 e. The van der Waals surface area contributed by atoms with Gasteiger partial charge < -0.3 is 24.4 Å². The van der Waals surface area contributed by atoms with Crippen LogP contribution in [0.1, 0.15) is 42.6 Å². The SMILES string of the molecule is CCOC(=O)CC1CNc2c(cc3c4c2C(=O)CCN4C(C(=O)OCC)C3)O1. The molecule has 0 saturated carbocycles. The molecular formula is C20H24N2O6. The summed E-state index contributed by atoms with van der Waals surface area (Å²) in [6, 6.07) is 1.46. The molecule has 1 aromatic carbocycles. The maximum atomic E-state index is 12.7. The van der Waals surface area contributed by atoms with Crippen LogP contribution < -0.4 is 15.0 Å². The van der Waals surface area contributed by atoms with Crippen LogP contribution in [0.5, 0.6) is 5.75 Å². The molecule has 2 atom stereocenters. The second-order valence-electron chi connectivity index (χ2n) is 7.10. The van der Waals surface area contributed by atoms with Crippen molar-refractivity contribution in [2.75, 3.05) is 36.5 Å². The minimum atomic E-state index is -0.416. The van der Waals surface area contributed by atoms with Crippen molar-refractivity contribution in [3.05, 3.63) is 17.2 Å². The van der Waals surface area contributed by atoms with Crippen molar-refractivity contribution >= 4 is 29.1 Å². The van der Waals surface area contributed by atoms with E-state index in [1.807, 2.05) is 11.0 Å². The third kappa shape index (κ3) is 3.06. The van der Waals surface area contributed by atoms with E-state index in [9.17, 15) is 14.4 Å². The van der Waals surface area contributed by atoms with Gasteiger partial charge in [-0.3, -0.25) is 9.59 Å². The highest BCUT2D eigenvalue weighted by atomic mass is 16.5. The predicted octanol–water partition coefficient (Wildman–Crippen LogP) is 1.69. The van der Waals surface area contributed by atoms with E-state index in [1.165, 1.54) is 0 Å². The second-order valence-corrected chi connectivity index (χ2v) is 7.10. The average Bonchev–Trinajstić information content (AvgIpc) is 3.03. The van der Waals surface area contributed by atoms with Crippen molar-refractivity contribution < 1.29 is 28.6 Å². The van der Waals surface area contributed by atoms with Gasteiger partial charge in [-0.15, -0.1) is 0 Å². The second kappa shape index (κ2) is 7.33. The summed E-state index contributed by atoms with van der Waals surface area (Å²) in [4.78, 5) is 38.9. The molecule has 2 unspecified atom stereocenters. The minimum Gasteiger partial charge on any atom is -0.486 e. The van der Waals surface area contributed by atoms with Crippen molar-refractivity contribution in [3.8, 4) is 5.75 Å². The molecule has 1 aromatic rings. The summed E-state index contributed by atoms with van der Waals surface area (Å²) < 4.78 is 16.2. The molecule has 0 spiro atoms. The Morgan fingerprint density at radius 2 is 2.07 bits per heavy atom. The number of anilines is 2. The number of Topliss-reactive ketones (excluding diaryl/α,β-unsaturated/α-hetero) is 1. The average molecular weight is 388 g/mol. The van der Waals surface area contributed by atoms with Crippen LogP contribution in [0.3, 0.4) is 0 Å². The zero-order valence-electron chi connectivity index (χ0n) is 16.1. The van der Waals surface area contributed by atoms with E-state index in [2.05, 4.69) is 5.32 Å². The lowest BCUT2D eigenvalue weighted by Gasteiger charge is -2.34. The summed E-state index contributed by atoms with van der Waals surface area (Å²) in [5.74, 6) is -0.00118. The molecule has 0 aliphatic carbocycles. The molecule has 0 saturated heterocycles. The third-order valence-electron chi connectivity index (χ3n) is 5.34. The van der Waals surface area contributed by atoms with Gasteiger partial charge in [0.25, 0.3) is 0 Å². The highest BCUT2D eigenvalue weighted by molar-refractivity contribution is 6.11. The van der Waals surface area contributed by atoms with Crippen LogP contribution in [0.15, 0.2) is 6.07 Å². The van der Waals surface area contributed by atoms with Gasteiger partial charge in [0, 0.05) is 19.4 Å². The molecule has 0 fully saturated rings. The Balaban J connectivity index is 1.65. The van der Waals surface area contributed by atoms with Gasteiger partial charge in [0.05, 0.1) is 43.1 Å². The third-order valence-corrected chi connectivity index (χ3v) is 5.34. The Hall–Kier alpha value is -2.77. The van der Waals surface area contributed by atoms with Crippen molar-refractivity contribution in [2.45, 2.75) is 45.3 Å². The Bertz CT molecular complexity index is 836. The van der Waals surface area contributed by atoms with Gasteiger partial charge in [0.15, 0.2) is 5.78 Å². The number of rotatable bonds is 5. The van der Waals surface area contributed by atoms with Crippen LogP contribution in [0.2, 0.25) is 0 Å². The number of carbonyl (C=O) groups excluding carboxylic acids is 3. The fourth-order valence-corrected chi connectivity index (χ4v) is 4.22. The van der Waals surface area contributed by atoms with Crippen LogP contribution in [-0.2, 0) is 25.5 Å². The number of fused-ring (bicyclic) bond motifs is 2. The van der Waals surface area contributed by atoms with Crippen LogP contribution >= 0.6 is 0 Å². The first kappa shape index (κ1) is 18.6. The van der Waals surface area contributed by atoms with Crippen molar-refractivity contribution in [3.63, 3.8) is 0 Å². The molecule has 0 amide bonds. The molecule has 150 valence electrons. The smallest absolute Gasteiger partial charge is 0.329 e. The van der Waals surface area contributed by atoms with Gasteiger partial charge in [-0.25, -0.2) is 4.79 Å². The van der Waals surface area contributed by atoms with E-state index in [-0.39, 0.29) is 30.2 Å². The summed E-state index contributed by atoms with van der Waals surface area (Å²) >= 11 is 0. The lowest BCUT2D eigenvalue weighted by Crippen LogP contribution is -2.43. The number of carbonyl (C=O) groups is 3. The lowest BCUT2D eigenvalue weighted by atomic mass is 9.95. The predicted molar refractivity (Wildman–Crippen MR) is 101 cm³/mol. The number of ketones is 1. The van der Waals surface area contributed by atoms with E-state index >= 15 is 0 Å². The van der Waals surface area contributed by atoms with Gasteiger partial charge in [0.2, 0.25) is 0 Å². The summed E-state index contributed by atoms with van der Waals surface area (Å²) in [7, 11) is 0. The monoisotopic (exact) mass is 388 g/mol. The van der Waals surface area contributed by atoms with E-state index in [0.29, 0.717) is 56.1 Å². The largest absolute Gasteiger partial charge is 0.486 e. The molecule has 8 heteroatoms. The van der Waals surface area contributed by atoms with Crippen molar-refractivity contribution in [2.24, 2.45) is 0 Å². The van der Waals surface area contributed by atoms with Crippen LogP contribution in [0, 0.1) is 0 Å². The number of benzene rings is 1. The molecule has 3 aliphatic rings. The van der Waals surface area contributed by atoms with Crippen molar-refractivity contribution in [1.29, 1.82) is 0 Å². The number of hydrogen-bond donors (Lipinski definition) is 1. The molecule has 28 heavy (non-hydrogen) atoms. The molecule has 4 rings (SSSR count). The van der Waals surface area contributed by atoms with E-state index < -0.39 is 6.04 Å². The fourth-order valence-electron chi connectivity index (χ4n) is 4.22. The van der Waals surface area contributed by atoms with Crippen molar-refractivity contribution in [1.82, 2.24) is 0 Å². The van der Waals surface area contributed by atoms with Crippen LogP contribution in [0.25, 0.3) is 0 Å². The van der Waals surface area contributed by atoms with Gasteiger partial charge in [0.1, 0.15) is 17.9 Å². The zero-order chi connectivity index (χ0) is 19.8. The topological polar surface area (TPSA) is 94.2 Å². The first-order valence-corrected chi connectivity index (χ1v) is 9.76. The minimum absolute atomic E-state index is 0.0359. The van der Waals surface area contributed by atoms with E-state index in [4.69, 9.17) is 14.2 Å². The number of nitrogens with zero attached hydrogens (tertiary/aromatic N) is 1. The van der Waals surface area contributed by atoms with Gasteiger partial charge >= 0.3 is 11.9 Å². The van der Waals surface area contributed by atoms with Crippen LogP contribution in [-0.4, -0.2) is 56.2 Å². The first-order valence-electron chi connectivity index (χ1n) is 9.76. The van der Waals surface area contributed by atoms with E-state index in [1.54, 1.807) is 13.8 Å². The Kier molecular flexibility index (Phi) is 4.87. The summed E-state index contributed by atoms with van der Waals surface area (Å²) in [6.07, 6.45) is 0.590. The number of hydrogen-bond acceptors (Lipinski definition) is 8. The molecule has 0 bridgehead atoms. The lowest BCUT2D eigenvalue weighted by molar-refractivity contribution is -0.145. The molecule has 0 radical (unpaired) electrons. The molecule has 0 aromatic heterocycles. The zero-order valence-corrected chi connectivity index (χ0v) is 16.1. The first-order chi connectivity index (χ1) is 13.5. The van der Waals surface area contributed by atoms with Gasteiger partial charge in [-0.1, -0.05) is 0 Å². The van der Waals surface area contributed by atoms with Crippen LogP contribution in [0.4, 0.5) is 11.4 Å². The number of nitrogens with one attached hydrogen (secondary N) is 1. The Morgan fingerprint density at radius 1 is 1.29 bits per heavy atom. The maximum absolute atomic E-state index is 12.7. The molecule has 1 N–H and O–H groups in total. The summed E-state index contributed by atoms with van der Waals surface area (Å²) in [5, 5.41) is 3.27. The normalized spacial score (nSPS) is 21.9. The standard InChI is InChI=1S/C20H24N2O6/c1-3-26-16(24)9-12-10-21-18-15(28-12)8-11-7-13(20(25)27-4-2)22-6-5-14(23)17(18)19(11)22/h8,12-13,21H,3-7,9-10H2,1-2H3. The number of esters is 2. The Morgan fingerprint density at radius 3 is 2.82 bits per heavy atom. The number of ether oxygens (including phenoxy) is 3. The quantitative estimate of drug-likeness (QED) is 0.762. The van der Waals surface area contributed by atoms with Gasteiger partial charge in [-0.2, -0.15) is 0 Å². The fraction of sp³-hybridized carbons (Fsp3) is 0.550. The highest BCUT2D eigenvalue weighted by Gasteiger charge is 2.43. The molecule has 3 aliphatic heterocycles. The molecular weight excluding hydrogens is 364 g/mol. The van der Waals surface area contributed by atoms with E-state index in [0.717, 1.165) is 11.3 Å². The Labute approximate surface area is 163 Å². The molecule has 3 heterocycles. The van der Waals surface area contributed by atoms with Gasteiger partial charge in [-0.05, 0) is 25.5 Å². The molecule has 8 nitrogen and oxygen atoms in total.